The lowest BCUT2D eigenvalue weighted by Crippen LogP contribution is -2.48. The molecular formula is C17H21N5O2. The molecule has 3 heterocycles. The summed E-state index contributed by atoms with van der Waals surface area (Å²) in [5.74, 6) is -0.167. The van der Waals surface area contributed by atoms with Crippen LogP contribution in [-0.2, 0) is 11.3 Å². The maximum atomic E-state index is 12.4. The zero-order valence-corrected chi connectivity index (χ0v) is 13.5. The molecule has 7 nitrogen and oxygen atoms in total. The van der Waals surface area contributed by atoms with Gasteiger partial charge in [0.15, 0.2) is 0 Å². The Morgan fingerprint density at radius 1 is 1.21 bits per heavy atom. The molecule has 4 rings (SSSR count). The first-order chi connectivity index (χ1) is 11.7. The minimum atomic E-state index is -0.276. The number of rotatable bonds is 3. The van der Waals surface area contributed by atoms with Crippen molar-refractivity contribution < 1.29 is 4.79 Å². The molecule has 0 saturated carbocycles. The van der Waals surface area contributed by atoms with E-state index in [0.717, 1.165) is 30.6 Å². The largest absolute Gasteiger partial charge is 0.350 e. The van der Waals surface area contributed by atoms with Crippen LogP contribution in [0.15, 0.2) is 29.1 Å². The van der Waals surface area contributed by atoms with E-state index >= 15 is 0 Å². The van der Waals surface area contributed by atoms with Crippen molar-refractivity contribution in [3.05, 3.63) is 34.6 Å². The van der Waals surface area contributed by atoms with Crippen LogP contribution in [-0.4, -0.2) is 51.0 Å². The third kappa shape index (κ3) is 2.80. The maximum Gasteiger partial charge on any atom is 0.278 e. The lowest BCUT2D eigenvalue weighted by molar-refractivity contribution is -0.122. The summed E-state index contributed by atoms with van der Waals surface area (Å²) in [4.78, 5) is 27.2. The van der Waals surface area contributed by atoms with Crippen molar-refractivity contribution in [2.24, 2.45) is 0 Å². The summed E-state index contributed by atoms with van der Waals surface area (Å²) < 4.78 is 1.14. The zero-order chi connectivity index (χ0) is 16.5. The summed E-state index contributed by atoms with van der Waals surface area (Å²) >= 11 is 0. The normalized spacial score (nSPS) is 24.0. The smallest absolute Gasteiger partial charge is 0.278 e. The fourth-order valence-corrected chi connectivity index (χ4v) is 3.93. The Morgan fingerprint density at radius 2 is 2.08 bits per heavy atom. The summed E-state index contributed by atoms with van der Waals surface area (Å²) in [6.07, 6.45) is 4.60. The van der Waals surface area contributed by atoms with Gasteiger partial charge in [-0.05, 0) is 37.9 Å². The quantitative estimate of drug-likeness (QED) is 0.890. The third-order valence-corrected chi connectivity index (χ3v) is 5.13. The van der Waals surface area contributed by atoms with E-state index < -0.39 is 0 Å². The van der Waals surface area contributed by atoms with Gasteiger partial charge in [-0.2, -0.15) is 0 Å². The van der Waals surface area contributed by atoms with Gasteiger partial charge in [0.25, 0.3) is 5.56 Å². The fourth-order valence-electron chi connectivity index (χ4n) is 3.93. The van der Waals surface area contributed by atoms with Crippen molar-refractivity contribution >= 4 is 16.8 Å². The number of benzene rings is 1. The highest BCUT2D eigenvalue weighted by atomic mass is 16.2. The van der Waals surface area contributed by atoms with Gasteiger partial charge >= 0.3 is 0 Å². The Balaban J connectivity index is 1.47. The molecular weight excluding hydrogens is 306 g/mol. The summed E-state index contributed by atoms with van der Waals surface area (Å²) in [6.45, 7) is 2.10. The van der Waals surface area contributed by atoms with Gasteiger partial charge in [-0.1, -0.05) is 23.8 Å². The average Bonchev–Trinajstić information content (AvgIpc) is 3.01. The number of hydrogen-bond donors (Lipinski definition) is 1. The summed E-state index contributed by atoms with van der Waals surface area (Å²) in [6, 6.07) is 7.67. The van der Waals surface area contributed by atoms with Crippen molar-refractivity contribution in [3.8, 4) is 0 Å². The second-order valence-electron chi connectivity index (χ2n) is 6.63. The zero-order valence-electron chi connectivity index (χ0n) is 13.5. The molecule has 2 fully saturated rings. The van der Waals surface area contributed by atoms with Gasteiger partial charge < -0.3 is 5.32 Å². The standard InChI is InChI=1S/C17H21N5O2/c23-16(18-14-8-10-21-9-4-3-7-15(14)21)11-22-17(24)12-5-1-2-6-13(12)19-20-22/h1-2,5-6,14-15H,3-4,7-11H2,(H,18,23)/t14-,15-/m0/s1. The second kappa shape index (κ2) is 6.32. The molecule has 1 amide bonds. The molecule has 0 spiro atoms. The van der Waals surface area contributed by atoms with E-state index in [9.17, 15) is 9.59 Å². The van der Waals surface area contributed by atoms with E-state index in [0.29, 0.717) is 16.9 Å². The molecule has 2 aromatic rings. The van der Waals surface area contributed by atoms with Crippen LogP contribution >= 0.6 is 0 Å². The molecule has 126 valence electrons. The van der Waals surface area contributed by atoms with Crippen LogP contribution in [0.4, 0.5) is 0 Å². The van der Waals surface area contributed by atoms with Crippen molar-refractivity contribution in [1.29, 1.82) is 0 Å². The molecule has 2 aliphatic heterocycles. The van der Waals surface area contributed by atoms with Gasteiger partial charge in [-0.25, -0.2) is 4.68 Å². The third-order valence-electron chi connectivity index (χ3n) is 5.13. The van der Waals surface area contributed by atoms with E-state index in [-0.39, 0.29) is 24.1 Å². The van der Waals surface area contributed by atoms with Gasteiger partial charge in [-0.3, -0.25) is 14.5 Å². The first-order valence-electron chi connectivity index (χ1n) is 8.58. The fraction of sp³-hybridized carbons (Fsp3) is 0.529. The summed E-state index contributed by atoms with van der Waals surface area (Å²) in [5.41, 5.74) is 0.272. The monoisotopic (exact) mass is 327 g/mol. The molecule has 2 saturated heterocycles. The van der Waals surface area contributed by atoms with Crippen LogP contribution in [0.5, 0.6) is 0 Å². The van der Waals surface area contributed by atoms with E-state index in [1.54, 1.807) is 18.2 Å². The number of fused-ring (bicyclic) bond motifs is 2. The van der Waals surface area contributed by atoms with Gasteiger partial charge in [0.2, 0.25) is 5.91 Å². The number of aromatic nitrogens is 3. The van der Waals surface area contributed by atoms with Crippen LogP contribution in [0.25, 0.3) is 10.9 Å². The van der Waals surface area contributed by atoms with E-state index in [1.165, 1.54) is 12.8 Å². The molecule has 0 aliphatic carbocycles. The Morgan fingerprint density at radius 3 is 3.00 bits per heavy atom. The van der Waals surface area contributed by atoms with Crippen LogP contribution in [0.2, 0.25) is 0 Å². The van der Waals surface area contributed by atoms with E-state index in [4.69, 9.17) is 0 Å². The molecule has 1 aromatic heterocycles. The van der Waals surface area contributed by atoms with Gasteiger partial charge in [-0.15, -0.1) is 5.10 Å². The van der Waals surface area contributed by atoms with Crippen molar-refractivity contribution in [1.82, 2.24) is 25.2 Å². The molecule has 2 aliphatic rings. The average molecular weight is 327 g/mol. The van der Waals surface area contributed by atoms with E-state index in [1.807, 2.05) is 6.07 Å². The van der Waals surface area contributed by atoms with Crippen LogP contribution in [0, 0.1) is 0 Å². The maximum absolute atomic E-state index is 12.4. The highest BCUT2D eigenvalue weighted by Crippen LogP contribution is 2.27. The first kappa shape index (κ1) is 15.3. The van der Waals surface area contributed by atoms with Crippen molar-refractivity contribution in [2.75, 3.05) is 13.1 Å². The van der Waals surface area contributed by atoms with E-state index in [2.05, 4.69) is 20.5 Å². The van der Waals surface area contributed by atoms with Crippen LogP contribution < -0.4 is 10.9 Å². The number of hydrogen-bond acceptors (Lipinski definition) is 5. The summed E-state index contributed by atoms with van der Waals surface area (Å²) in [7, 11) is 0. The molecule has 0 bridgehead atoms. The number of carbonyl (C=O) groups excluding carboxylic acids is 1. The predicted molar refractivity (Wildman–Crippen MR) is 89.6 cm³/mol. The van der Waals surface area contributed by atoms with Crippen molar-refractivity contribution in [2.45, 2.75) is 44.3 Å². The molecule has 7 heteroatoms. The van der Waals surface area contributed by atoms with Gasteiger partial charge in [0, 0.05) is 18.6 Å². The molecule has 0 unspecified atom stereocenters. The topological polar surface area (TPSA) is 80.1 Å². The molecule has 1 N–H and O–H groups in total. The first-order valence-corrected chi connectivity index (χ1v) is 8.58. The highest BCUT2D eigenvalue weighted by molar-refractivity contribution is 5.78. The minimum Gasteiger partial charge on any atom is -0.350 e. The molecule has 2 atom stereocenters. The van der Waals surface area contributed by atoms with Gasteiger partial charge in [0.05, 0.1) is 5.39 Å². The number of piperidine rings is 1. The molecule has 24 heavy (non-hydrogen) atoms. The number of nitrogens with one attached hydrogen (secondary N) is 1. The Bertz CT molecular complexity index is 818. The Kier molecular flexibility index (Phi) is 4.02. The minimum absolute atomic E-state index is 0.0834. The van der Waals surface area contributed by atoms with Crippen LogP contribution in [0.1, 0.15) is 25.7 Å². The van der Waals surface area contributed by atoms with Crippen molar-refractivity contribution in [3.63, 3.8) is 0 Å². The molecule has 1 aromatic carbocycles. The molecule has 0 radical (unpaired) electrons. The summed E-state index contributed by atoms with van der Waals surface area (Å²) in [5, 5.41) is 11.5. The predicted octanol–water partition coefficient (Wildman–Crippen LogP) is 0.534. The number of amides is 1. The van der Waals surface area contributed by atoms with Gasteiger partial charge in [0.1, 0.15) is 12.1 Å². The Labute approximate surface area is 139 Å². The Hall–Kier alpha value is -2.28. The lowest BCUT2D eigenvalue weighted by atomic mass is 9.99. The number of nitrogens with zero attached hydrogens (tertiary/aromatic N) is 4. The highest BCUT2D eigenvalue weighted by Gasteiger charge is 2.36. The lowest BCUT2D eigenvalue weighted by Gasteiger charge is -2.32. The van der Waals surface area contributed by atoms with Crippen LogP contribution in [0.3, 0.4) is 0 Å². The second-order valence-corrected chi connectivity index (χ2v) is 6.63. The number of carbonyl (C=O) groups is 1. The SMILES string of the molecule is O=C(Cn1nnc2ccccc2c1=O)N[C@H]1CCN2CCCC[C@@H]12.